The highest BCUT2D eigenvalue weighted by Crippen LogP contribution is 2.31. The zero-order chi connectivity index (χ0) is 13.9. The van der Waals surface area contributed by atoms with Crippen LogP contribution in [0.4, 0.5) is 0 Å². The summed E-state index contributed by atoms with van der Waals surface area (Å²) in [5.41, 5.74) is 1.11. The summed E-state index contributed by atoms with van der Waals surface area (Å²) in [4.78, 5) is 17.4. The molecule has 0 atom stereocenters. The van der Waals surface area contributed by atoms with Gasteiger partial charge in [0, 0.05) is 12.2 Å². The summed E-state index contributed by atoms with van der Waals surface area (Å²) in [6, 6.07) is 10.4. The van der Waals surface area contributed by atoms with E-state index in [0.717, 1.165) is 29.2 Å². The van der Waals surface area contributed by atoms with E-state index in [2.05, 4.69) is 17.2 Å². The Morgan fingerprint density at radius 1 is 1.35 bits per heavy atom. The van der Waals surface area contributed by atoms with Crippen LogP contribution in [0.3, 0.4) is 0 Å². The second kappa shape index (κ2) is 5.75. The van der Waals surface area contributed by atoms with E-state index in [4.69, 9.17) is 0 Å². The predicted molar refractivity (Wildman–Crippen MR) is 81.8 cm³/mol. The molecule has 4 heteroatoms. The zero-order valence-electron chi connectivity index (χ0n) is 11.5. The Morgan fingerprint density at radius 2 is 2.10 bits per heavy atom. The maximum atomic E-state index is 12.1. The number of thiazole rings is 1. The van der Waals surface area contributed by atoms with E-state index in [0.29, 0.717) is 11.0 Å². The molecule has 1 fully saturated rings. The van der Waals surface area contributed by atoms with E-state index in [1.165, 1.54) is 17.8 Å². The molecule has 1 aromatic carbocycles. The Balaban J connectivity index is 1.64. The Kier molecular flexibility index (Phi) is 3.83. The minimum Gasteiger partial charge on any atom is -0.347 e. The fraction of sp³-hybridized carbons (Fsp3) is 0.375. The second-order valence-electron chi connectivity index (χ2n) is 5.31. The van der Waals surface area contributed by atoms with Gasteiger partial charge in [0.15, 0.2) is 5.01 Å². The number of rotatable bonds is 4. The molecule has 3 nitrogen and oxygen atoms in total. The first kappa shape index (κ1) is 13.3. The lowest BCUT2D eigenvalue weighted by molar-refractivity contribution is 0.0887. The molecule has 3 rings (SSSR count). The largest absolute Gasteiger partial charge is 0.347 e. The number of carbonyl (C=O) groups is 1. The summed E-state index contributed by atoms with van der Waals surface area (Å²) in [6.45, 7) is 2.20. The molecule has 2 aromatic rings. The summed E-state index contributed by atoms with van der Waals surface area (Å²) >= 11 is 1.45. The van der Waals surface area contributed by atoms with Crippen LogP contribution in [0.25, 0.3) is 10.4 Å². The lowest BCUT2D eigenvalue weighted by Gasteiger charge is -2.34. The average Bonchev–Trinajstić information content (AvgIpc) is 2.93. The molecular weight excluding hydrogens is 268 g/mol. The smallest absolute Gasteiger partial charge is 0.280 e. The van der Waals surface area contributed by atoms with Gasteiger partial charge in [-0.25, -0.2) is 4.98 Å². The summed E-state index contributed by atoms with van der Waals surface area (Å²) in [7, 11) is 0. The molecule has 0 unspecified atom stereocenters. The Morgan fingerprint density at radius 3 is 2.80 bits per heavy atom. The molecule has 0 radical (unpaired) electrons. The highest BCUT2D eigenvalue weighted by molar-refractivity contribution is 7.16. The number of aromatic nitrogens is 1. The number of nitrogens with zero attached hydrogens (tertiary/aromatic N) is 1. The van der Waals surface area contributed by atoms with Gasteiger partial charge in [-0.3, -0.25) is 4.79 Å². The number of benzene rings is 1. The molecule has 1 aliphatic rings. The van der Waals surface area contributed by atoms with Crippen molar-refractivity contribution in [1.29, 1.82) is 0 Å². The Labute approximate surface area is 123 Å². The predicted octanol–water partition coefficient (Wildman–Crippen LogP) is 3.73. The molecule has 1 heterocycles. The SMILES string of the molecule is CCC1CC(NC(=O)c2ncc(-c3ccccc3)s2)C1. The molecule has 0 saturated heterocycles. The number of nitrogens with one attached hydrogen (secondary N) is 1. The molecule has 104 valence electrons. The fourth-order valence-electron chi connectivity index (χ4n) is 2.55. The van der Waals surface area contributed by atoms with E-state index < -0.39 is 0 Å². The van der Waals surface area contributed by atoms with Gasteiger partial charge < -0.3 is 5.32 Å². The van der Waals surface area contributed by atoms with Gasteiger partial charge in [0.2, 0.25) is 0 Å². The van der Waals surface area contributed by atoms with Crippen molar-refractivity contribution in [3.63, 3.8) is 0 Å². The monoisotopic (exact) mass is 286 g/mol. The van der Waals surface area contributed by atoms with Crippen LogP contribution in [0, 0.1) is 5.92 Å². The van der Waals surface area contributed by atoms with Gasteiger partial charge in [0.1, 0.15) is 0 Å². The van der Waals surface area contributed by atoms with Crippen LogP contribution >= 0.6 is 11.3 Å². The van der Waals surface area contributed by atoms with Crippen molar-refractivity contribution in [2.24, 2.45) is 5.92 Å². The first-order valence-corrected chi connectivity index (χ1v) is 7.90. The molecule has 20 heavy (non-hydrogen) atoms. The van der Waals surface area contributed by atoms with E-state index >= 15 is 0 Å². The molecule has 0 aliphatic heterocycles. The van der Waals surface area contributed by atoms with Gasteiger partial charge in [0.05, 0.1) is 4.88 Å². The maximum Gasteiger partial charge on any atom is 0.280 e. The maximum absolute atomic E-state index is 12.1. The molecule has 1 N–H and O–H groups in total. The van der Waals surface area contributed by atoms with Crippen molar-refractivity contribution in [3.05, 3.63) is 41.5 Å². The summed E-state index contributed by atoms with van der Waals surface area (Å²) in [5.74, 6) is 0.758. The first-order chi connectivity index (χ1) is 9.76. The van der Waals surface area contributed by atoms with Crippen molar-refractivity contribution in [2.45, 2.75) is 32.2 Å². The van der Waals surface area contributed by atoms with Crippen LogP contribution in [0.5, 0.6) is 0 Å². The van der Waals surface area contributed by atoms with E-state index in [1.54, 1.807) is 6.20 Å². The fourth-order valence-corrected chi connectivity index (χ4v) is 3.37. The highest BCUT2D eigenvalue weighted by atomic mass is 32.1. The van der Waals surface area contributed by atoms with Crippen LogP contribution in [0.15, 0.2) is 36.5 Å². The Hall–Kier alpha value is -1.68. The molecule has 1 aliphatic carbocycles. The van der Waals surface area contributed by atoms with E-state index in [-0.39, 0.29) is 5.91 Å². The van der Waals surface area contributed by atoms with Crippen molar-refractivity contribution >= 4 is 17.2 Å². The minimum absolute atomic E-state index is 0.0308. The van der Waals surface area contributed by atoms with Gasteiger partial charge in [0.25, 0.3) is 5.91 Å². The molecule has 1 saturated carbocycles. The zero-order valence-corrected chi connectivity index (χ0v) is 12.3. The van der Waals surface area contributed by atoms with Gasteiger partial charge >= 0.3 is 0 Å². The number of carbonyl (C=O) groups excluding carboxylic acids is 1. The Bertz CT molecular complexity index is 588. The van der Waals surface area contributed by atoms with Crippen LogP contribution in [-0.2, 0) is 0 Å². The van der Waals surface area contributed by atoms with Crippen LogP contribution in [0.1, 0.15) is 36.0 Å². The number of hydrogen-bond donors (Lipinski definition) is 1. The minimum atomic E-state index is -0.0308. The lowest BCUT2D eigenvalue weighted by atomic mass is 9.79. The number of hydrogen-bond acceptors (Lipinski definition) is 3. The van der Waals surface area contributed by atoms with Crippen LogP contribution < -0.4 is 5.32 Å². The molecular formula is C16H18N2OS. The van der Waals surface area contributed by atoms with Crippen LogP contribution in [0.2, 0.25) is 0 Å². The summed E-state index contributed by atoms with van der Waals surface area (Å²) in [6.07, 6.45) is 5.21. The second-order valence-corrected chi connectivity index (χ2v) is 6.34. The molecule has 0 spiro atoms. The topological polar surface area (TPSA) is 42.0 Å². The summed E-state index contributed by atoms with van der Waals surface area (Å²) in [5, 5.41) is 3.63. The van der Waals surface area contributed by atoms with Crippen molar-refractivity contribution in [2.75, 3.05) is 0 Å². The third kappa shape index (κ3) is 2.75. The molecule has 0 bridgehead atoms. The van der Waals surface area contributed by atoms with Gasteiger partial charge in [-0.15, -0.1) is 11.3 Å². The lowest BCUT2D eigenvalue weighted by Crippen LogP contribution is -2.44. The van der Waals surface area contributed by atoms with Crippen molar-refractivity contribution in [1.82, 2.24) is 10.3 Å². The summed E-state index contributed by atoms with van der Waals surface area (Å²) < 4.78 is 0. The molecule has 1 aromatic heterocycles. The molecule has 1 amide bonds. The van der Waals surface area contributed by atoms with Crippen molar-refractivity contribution in [3.8, 4) is 10.4 Å². The third-order valence-electron chi connectivity index (χ3n) is 3.91. The van der Waals surface area contributed by atoms with Gasteiger partial charge in [-0.05, 0) is 24.3 Å². The van der Waals surface area contributed by atoms with E-state index in [1.807, 2.05) is 30.3 Å². The first-order valence-electron chi connectivity index (χ1n) is 7.08. The van der Waals surface area contributed by atoms with Gasteiger partial charge in [-0.2, -0.15) is 0 Å². The van der Waals surface area contributed by atoms with Crippen molar-refractivity contribution < 1.29 is 4.79 Å². The third-order valence-corrected chi connectivity index (χ3v) is 4.95. The van der Waals surface area contributed by atoms with Crippen LogP contribution in [-0.4, -0.2) is 16.9 Å². The average molecular weight is 286 g/mol. The normalized spacial score (nSPS) is 21.2. The van der Waals surface area contributed by atoms with Gasteiger partial charge in [-0.1, -0.05) is 43.7 Å². The quantitative estimate of drug-likeness (QED) is 0.930. The standard InChI is InChI=1S/C16H18N2OS/c1-2-11-8-13(9-11)18-15(19)16-17-10-14(20-16)12-6-4-3-5-7-12/h3-7,10-11,13H,2,8-9H2,1H3,(H,18,19). The highest BCUT2D eigenvalue weighted by Gasteiger charge is 2.29. The number of amides is 1. The van der Waals surface area contributed by atoms with E-state index in [9.17, 15) is 4.79 Å².